The fourth-order valence-electron chi connectivity index (χ4n) is 2.55. The van der Waals surface area contributed by atoms with Gasteiger partial charge in [0.25, 0.3) is 5.91 Å². The highest BCUT2D eigenvalue weighted by Gasteiger charge is 2.20. The predicted molar refractivity (Wildman–Crippen MR) is 97.4 cm³/mol. The molecular formula is C18H20N4OS. The Hall–Kier alpha value is -2.34. The molecule has 1 atom stereocenters. The van der Waals surface area contributed by atoms with Crippen LogP contribution in [-0.2, 0) is 0 Å². The summed E-state index contributed by atoms with van der Waals surface area (Å²) in [6.07, 6.45) is 4.78. The Morgan fingerprint density at radius 2 is 2.00 bits per heavy atom. The van der Waals surface area contributed by atoms with Crippen LogP contribution in [0.1, 0.15) is 34.2 Å². The molecule has 3 aromatic rings. The van der Waals surface area contributed by atoms with E-state index in [0.29, 0.717) is 5.56 Å². The van der Waals surface area contributed by atoms with Crippen molar-refractivity contribution in [3.8, 4) is 0 Å². The molecule has 2 aromatic heterocycles. The molecule has 5 nitrogen and oxygen atoms in total. The van der Waals surface area contributed by atoms with Crippen LogP contribution in [0.15, 0.2) is 48.7 Å². The Labute approximate surface area is 145 Å². The number of hydrogen-bond acceptors (Lipinski definition) is 4. The van der Waals surface area contributed by atoms with Crippen molar-refractivity contribution < 1.29 is 4.79 Å². The Bertz CT molecular complexity index is 828. The van der Waals surface area contributed by atoms with Gasteiger partial charge in [0.1, 0.15) is 0 Å². The highest BCUT2D eigenvalue weighted by molar-refractivity contribution is 7.98. The summed E-state index contributed by atoms with van der Waals surface area (Å²) in [6.45, 7) is 2.01. The van der Waals surface area contributed by atoms with Crippen molar-refractivity contribution in [2.75, 3.05) is 12.0 Å². The van der Waals surface area contributed by atoms with E-state index in [9.17, 15) is 4.79 Å². The molecule has 0 fully saturated rings. The lowest BCUT2D eigenvalue weighted by atomic mass is 10.1. The Kier molecular flexibility index (Phi) is 5.15. The van der Waals surface area contributed by atoms with E-state index in [1.165, 1.54) is 0 Å². The molecule has 2 heterocycles. The molecule has 24 heavy (non-hydrogen) atoms. The molecule has 0 spiro atoms. The molecule has 0 saturated carbocycles. The number of fused-ring (bicyclic) bond motifs is 1. The molecular weight excluding hydrogens is 320 g/mol. The van der Waals surface area contributed by atoms with Gasteiger partial charge in [-0.2, -0.15) is 11.8 Å². The molecule has 1 N–H and O–H groups in total. The molecule has 1 aromatic carbocycles. The van der Waals surface area contributed by atoms with Crippen molar-refractivity contribution in [3.63, 3.8) is 0 Å². The van der Waals surface area contributed by atoms with E-state index in [1.54, 1.807) is 11.8 Å². The lowest BCUT2D eigenvalue weighted by molar-refractivity contribution is 0.0934. The molecule has 0 unspecified atom stereocenters. The summed E-state index contributed by atoms with van der Waals surface area (Å²) in [4.78, 5) is 12.6. The van der Waals surface area contributed by atoms with Crippen LogP contribution in [-0.4, -0.2) is 32.5 Å². The molecule has 124 valence electrons. The summed E-state index contributed by atoms with van der Waals surface area (Å²) in [6, 6.07) is 13.2. The number of benzene rings is 1. The fourth-order valence-corrected chi connectivity index (χ4v) is 3.02. The molecule has 0 aliphatic rings. The summed E-state index contributed by atoms with van der Waals surface area (Å²) in [5.74, 6) is 1.61. The van der Waals surface area contributed by atoms with Crippen LogP contribution in [0.2, 0.25) is 0 Å². The molecule has 0 aliphatic carbocycles. The van der Waals surface area contributed by atoms with Gasteiger partial charge in [0.05, 0.1) is 6.04 Å². The second-order valence-corrected chi connectivity index (χ2v) is 6.65. The third-order valence-corrected chi connectivity index (χ3v) is 4.53. The number of thioether (sulfide) groups is 1. The van der Waals surface area contributed by atoms with E-state index in [-0.39, 0.29) is 11.9 Å². The second-order valence-electron chi connectivity index (χ2n) is 5.66. The average Bonchev–Trinajstić information content (AvgIpc) is 3.03. The Balaban J connectivity index is 1.86. The van der Waals surface area contributed by atoms with Gasteiger partial charge in [0.15, 0.2) is 11.5 Å². The molecule has 3 rings (SSSR count). The lowest BCUT2D eigenvalue weighted by Crippen LogP contribution is -2.30. The van der Waals surface area contributed by atoms with E-state index in [0.717, 1.165) is 29.2 Å². The number of pyridine rings is 1. The van der Waals surface area contributed by atoms with Crippen LogP contribution >= 0.6 is 11.8 Å². The number of carbonyl (C=O) groups is 1. The highest BCUT2D eigenvalue weighted by Crippen LogP contribution is 2.19. The van der Waals surface area contributed by atoms with Crippen LogP contribution in [0.3, 0.4) is 0 Å². The number of rotatable bonds is 6. The van der Waals surface area contributed by atoms with Gasteiger partial charge >= 0.3 is 0 Å². The zero-order valence-corrected chi connectivity index (χ0v) is 14.6. The summed E-state index contributed by atoms with van der Waals surface area (Å²) >= 11 is 1.75. The number of hydrogen-bond donors (Lipinski definition) is 1. The largest absolute Gasteiger partial charge is 0.342 e. The van der Waals surface area contributed by atoms with Crippen LogP contribution in [0.25, 0.3) is 5.65 Å². The molecule has 0 aliphatic heterocycles. The second kappa shape index (κ2) is 7.49. The zero-order valence-electron chi connectivity index (χ0n) is 13.8. The number of aromatic nitrogens is 3. The van der Waals surface area contributed by atoms with Gasteiger partial charge in [-0.1, -0.05) is 23.8 Å². The van der Waals surface area contributed by atoms with Crippen molar-refractivity contribution in [1.82, 2.24) is 19.9 Å². The van der Waals surface area contributed by atoms with Gasteiger partial charge < -0.3 is 5.32 Å². The molecule has 0 radical (unpaired) electrons. The standard InChI is InChI=1S/C18H20N4OS/c1-13-6-8-14(9-7-13)18(23)19-15(10-12-24-2)17-21-20-16-5-3-4-11-22(16)17/h3-9,11,15H,10,12H2,1-2H3,(H,19,23)/t15-/m1/s1. The van der Waals surface area contributed by atoms with Gasteiger partial charge in [0.2, 0.25) is 0 Å². The normalized spacial score (nSPS) is 12.2. The zero-order chi connectivity index (χ0) is 16.9. The maximum absolute atomic E-state index is 12.6. The minimum Gasteiger partial charge on any atom is -0.342 e. The number of aryl methyl sites for hydroxylation is 1. The van der Waals surface area contributed by atoms with Crippen molar-refractivity contribution in [2.45, 2.75) is 19.4 Å². The first kappa shape index (κ1) is 16.5. The average molecular weight is 340 g/mol. The van der Waals surface area contributed by atoms with Crippen LogP contribution in [0.5, 0.6) is 0 Å². The molecule has 0 saturated heterocycles. The third kappa shape index (κ3) is 3.59. The van der Waals surface area contributed by atoms with Crippen molar-refractivity contribution in [2.24, 2.45) is 0 Å². The molecule has 6 heteroatoms. The van der Waals surface area contributed by atoms with E-state index < -0.39 is 0 Å². The maximum atomic E-state index is 12.6. The lowest BCUT2D eigenvalue weighted by Gasteiger charge is -2.17. The number of carbonyl (C=O) groups excluding carboxylic acids is 1. The first-order valence-corrected chi connectivity index (χ1v) is 9.24. The number of amides is 1. The van der Waals surface area contributed by atoms with Crippen molar-refractivity contribution >= 4 is 23.3 Å². The summed E-state index contributed by atoms with van der Waals surface area (Å²) in [5, 5.41) is 11.6. The Morgan fingerprint density at radius 1 is 1.21 bits per heavy atom. The van der Waals surface area contributed by atoms with Gasteiger partial charge in [0, 0.05) is 11.8 Å². The molecule has 1 amide bonds. The van der Waals surface area contributed by atoms with Gasteiger partial charge in [-0.15, -0.1) is 10.2 Å². The smallest absolute Gasteiger partial charge is 0.251 e. The van der Waals surface area contributed by atoms with E-state index in [2.05, 4.69) is 21.8 Å². The first-order valence-electron chi connectivity index (χ1n) is 7.85. The van der Waals surface area contributed by atoms with Crippen molar-refractivity contribution in [1.29, 1.82) is 0 Å². The number of nitrogens with one attached hydrogen (secondary N) is 1. The van der Waals surface area contributed by atoms with E-state index >= 15 is 0 Å². The first-order chi connectivity index (χ1) is 11.7. The maximum Gasteiger partial charge on any atom is 0.251 e. The van der Waals surface area contributed by atoms with E-state index in [4.69, 9.17) is 0 Å². The minimum atomic E-state index is -0.177. The summed E-state index contributed by atoms with van der Waals surface area (Å²) < 4.78 is 1.93. The predicted octanol–water partition coefficient (Wildman–Crippen LogP) is 3.26. The van der Waals surface area contributed by atoms with Gasteiger partial charge in [-0.25, -0.2) is 0 Å². The summed E-state index contributed by atoms with van der Waals surface area (Å²) in [7, 11) is 0. The monoisotopic (exact) mass is 340 g/mol. The fraction of sp³-hybridized carbons (Fsp3) is 0.278. The quantitative estimate of drug-likeness (QED) is 0.748. The van der Waals surface area contributed by atoms with Gasteiger partial charge in [-0.05, 0) is 49.6 Å². The third-order valence-electron chi connectivity index (χ3n) is 3.88. The highest BCUT2D eigenvalue weighted by atomic mass is 32.2. The number of nitrogens with zero attached hydrogens (tertiary/aromatic N) is 3. The van der Waals surface area contributed by atoms with Crippen molar-refractivity contribution in [3.05, 3.63) is 65.6 Å². The summed E-state index contributed by atoms with van der Waals surface area (Å²) in [5.41, 5.74) is 2.57. The topological polar surface area (TPSA) is 59.3 Å². The SMILES string of the molecule is CSCC[C@@H](NC(=O)c1ccc(C)cc1)c1nnc2ccccn12. The van der Waals surface area contributed by atoms with Gasteiger partial charge in [-0.3, -0.25) is 9.20 Å². The minimum absolute atomic E-state index is 0.0891. The van der Waals surface area contributed by atoms with E-state index in [1.807, 2.05) is 60.0 Å². The van der Waals surface area contributed by atoms with Crippen LogP contribution in [0.4, 0.5) is 0 Å². The van der Waals surface area contributed by atoms with Crippen LogP contribution < -0.4 is 5.32 Å². The molecule has 0 bridgehead atoms. The van der Waals surface area contributed by atoms with Crippen LogP contribution in [0, 0.1) is 6.92 Å². The Morgan fingerprint density at radius 3 is 2.75 bits per heavy atom.